The molecular weight excluding hydrogens is 312 g/mol. The molecule has 0 amide bonds. The van der Waals surface area contributed by atoms with E-state index in [2.05, 4.69) is 19.2 Å². The first-order valence-electron chi connectivity index (χ1n) is 6.02. The number of fused-ring (bicyclic) bond motifs is 3. The number of nitro groups is 1. The Hall–Kier alpha value is -1.31. The van der Waals surface area contributed by atoms with Crippen LogP contribution in [0, 0.1) is 20.9 Å². The van der Waals surface area contributed by atoms with Gasteiger partial charge in [0.2, 0.25) is 0 Å². The summed E-state index contributed by atoms with van der Waals surface area (Å²) in [5, 5.41) is 14.6. The lowest BCUT2D eigenvalue weighted by Crippen LogP contribution is -2.30. The number of aryl methyl sites for hydroxylation is 1. The molecule has 0 atom stereocenters. The molecule has 0 saturated carbocycles. The normalized spacial score (nSPS) is 15.2. The van der Waals surface area contributed by atoms with E-state index in [1.54, 1.807) is 33.7 Å². The van der Waals surface area contributed by atoms with Crippen LogP contribution in [0.25, 0.3) is 11.1 Å². The lowest BCUT2D eigenvalue weighted by Gasteiger charge is -2.33. The molecule has 1 aliphatic heterocycles. The minimum atomic E-state index is -0.339. The summed E-state index contributed by atoms with van der Waals surface area (Å²) in [5.41, 5.74) is 3.34. The van der Waals surface area contributed by atoms with Gasteiger partial charge in [-0.3, -0.25) is 10.1 Å². The Balaban J connectivity index is 2.37. The van der Waals surface area contributed by atoms with Gasteiger partial charge in [-0.2, -0.15) is 0 Å². The Morgan fingerprint density at radius 1 is 1.35 bits per heavy atom. The molecule has 0 fully saturated rings. The third-order valence-corrected chi connectivity index (χ3v) is 6.79. The summed E-state index contributed by atoms with van der Waals surface area (Å²) in [6.07, 6.45) is 0. The highest BCUT2D eigenvalue weighted by Crippen LogP contribution is 2.49. The van der Waals surface area contributed by atoms with Gasteiger partial charge in [-0.15, -0.1) is 0 Å². The summed E-state index contributed by atoms with van der Waals surface area (Å²) < 4.78 is 0.805. The van der Waals surface area contributed by atoms with Gasteiger partial charge in [-0.1, -0.05) is 32.9 Å². The molecule has 0 radical (unpaired) electrons. The molecule has 0 aliphatic carbocycles. The molecule has 0 bridgehead atoms. The fourth-order valence-corrected chi connectivity index (χ4v) is 5.76. The van der Waals surface area contributed by atoms with Crippen LogP contribution in [0.15, 0.2) is 12.1 Å². The van der Waals surface area contributed by atoms with Gasteiger partial charge in [0.15, 0.2) is 0 Å². The largest absolute Gasteiger partial charge is 0.375 e. The molecule has 4 nitrogen and oxygen atoms in total. The number of anilines is 1. The van der Waals surface area contributed by atoms with Crippen molar-refractivity contribution in [3.8, 4) is 11.1 Å². The van der Waals surface area contributed by atoms with Crippen LogP contribution in [-0.2, 0) is 5.54 Å². The maximum Gasteiger partial charge on any atom is 0.273 e. The van der Waals surface area contributed by atoms with Crippen LogP contribution in [0.3, 0.4) is 0 Å². The molecule has 3 rings (SSSR count). The van der Waals surface area contributed by atoms with Crippen molar-refractivity contribution in [3.63, 3.8) is 0 Å². The second kappa shape index (κ2) is 4.34. The van der Waals surface area contributed by atoms with Gasteiger partial charge >= 0.3 is 0 Å². The molecule has 1 aromatic carbocycles. The van der Waals surface area contributed by atoms with Gasteiger partial charge < -0.3 is 5.32 Å². The van der Waals surface area contributed by atoms with E-state index < -0.39 is 0 Å². The number of benzene rings is 1. The van der Waals surface area contributed by atoms with Crippen LogP contribution in [0.5, 0.6) is 0 Å². The van der Waals surface area contributed by atoms with E-state index >= 15 is 0 Å². The average Bonchev–Trinajstić information content (AvgIpc) is 2.71. The summed E-state index contributed by atoms with van der Waals surface area (Å²) in [6.45, 7) is 5.96. The van der Waals surface area contributed by atoms with Crippen molar-refractivity contribution in [1.29, 1.82) is 0 Å². The molecular formula is C13H12N2O2S3. The molecule has 2 aromatic rings. The second-order valence-corrected chi connectivity index (χ2v) is 8.17. The predicted octanol–water partition coefficient (Wildman–Crippen LogP) is 5.08. The van der Waals surface area contributed by atoms with Crippen molar-refractivity contribution in [2.45, 2.75) is 26.3 Å². The average molecular weight is 324 g/mol. The van der Waals surface area contributed by atoms with Crippen LogP contribution in [0.1, 0.15) is 24.3 Å². The maximum atomic E-state index is 11.1. The molecule has 20 heavy (non-hydrogen) atoms. The number of nitro benzene ring substituents is 1. The first-order valence-corrected chi connectivity index (χ1v) is 8.58. The van der Waals surface area contributed by atoms with Crippen molar-refractivity contribution in [2.75, 3.05) is 5.32 Å². The Bertz CT molecular complexity index is 789. The highest BCUT2D eigenvalue weighted by molar-refractivity contribution is 7.80. The van der Waals surface area contributed by atoms with Crippen LogP contribution >= 0.6 is 32.9 Å². The van der Waals surface area contributed by atoms with Crippen molar-refractivity contribution in [3.05, 3.63) is 36.5 Å². The Labute approximate surface area is 128 Å². The number of hydrogen-bond acceptors (Lipinski definition) is 6. The lowest BCUT2D eigenvalue weighted by atomic mass is 9.89. The standard InChI is InChI=1S/C13H12N2O2S3/c1-6-4-8-7(5-9(6)15(16)17)10-11(13(2,3)14-8)19-20-12(10)18/h4-5,14H,1-3H3. The molecule has 7 heteroatoms. The number of hydrogen-bond donors (Lipinski definition) is 1. The summed E-state index contributed by atoms with van der Waals surface area (Å²) in [4.78, 5) is 11.9. The zero-order chi connectivity index (χ0) is 14.7. The van der Waals surface area contributed by atoms with Gasteiger partial charge in [-0.05, 0) is 26.8 Å². The number of nitrogens with one attached hydrogen (secondary N) is 1. The Kier molecular flexibility index (Phi) is 2.97. The topological polar surface area (TPSA) is 55.2 Å². The van der Waals surface area contributed by atoms with Crippen LogP contribution in [0.2, 0.25) is 0 Å². The van der Waals surface area contributed by atoms with Gasteiger partial charge in [0.25, 0.3) is 5.69 Å². The fraction of sp³-hybridized carbons (Fsp3) is 0.308. The monoisotopic (exact) mass is 324 g/mol. The summed E-state index contributed by atoms with van der Waals surface area (Å²) in [6, 6.07) is 3.48. The van der Waals surface area contributed by atoms with Gasteiger partial charge in [0.1, 0.15) is 3.82 Å². The fourth-order valence-electron chi connectivity index (χ4n) is 2.50. The number of nitrogens with zero attached hydrogens (tertiary/aromatic N) is 1. The van der Waals surface area contributed by atoms with Gasteiger partial charge in [-0.25, -0.2) is 0 Å². The summed E-state index contributed by atoms with van der Waals surface area (Å²) in [7, 11) is 3.20. The van der Waals surface area contributed by atoms with E-state index in [0.717, 1.165) is 25.5 Å². The second-order valence-electron chi connectivity index (χ2n) is 5.35. The molecule has 1 N–H and O–H groups in total. The van der Waals surface area contributed by atoms with E-state index in [-0.39, 0.29) is 16.1 Å². The first kappa shape index (κ1) is 13.7. The smallest absolute Gasteiger partial charge is 0.273 e. The maximum absolute atomic E-state index is 11.1. The van der Waals surface area contributed by atoms with Crippen molar-refractivity contribution >= 4 is 44.3 Å². The Morgan fingerprint density at radius 3 is 2.70 bits per heavy atom. The predicted molar refractivity (Wildman–Crippen MR) is 86.5 cm³/mol. The quantitative estimate of drug-likeness (QED) is 0.344. The zero-order valence-corrected chi connectivity index (χ0v) is 13.6. The van der Waals surface area contributed by atoms with Crippen molar-refractivity contribution < 1.29 is 4.92 Å². The van der Waals surface area contributed by atoms with Gasteiger partial charge in [0.05, 0.1) is 15.3 Å². The lowest BCUT2D eigenvalue weighted by molar-refractivity contribution is -0.385. The van der Waals surface area contributed by atoms with Crippen LogP contribution in [0.4, 0.5) is 11.4 Å². The third kappa shape index (κ3) is 1.88. The number of rotatable bonds is 1. The SMILES string of the molecule is Cc1cc2c(cc1[N+](=O)[O-])-c1c(ssc1=S)C(C)(C)N2. The summed E-state index contributed by atoms with van der Waals surface area (Å²) >= 11 is 5.42. The van der Waals surface area contributed by atoms with E-state index in [9.17, 15) is 10.1 Å². The van der Waals surface area contributed by atoms with E-state index in [1.165, 1.54) is 0 Å². The molecule has 104 valence electrons. The van der Waals surface area contributed by atoms with Crippen molar-refractivity contribution in [2.24, 2.45) is 0 Å². The Morgan fingerprint density at radius 2 is 2.05 bits per heavy atom. The minimum absolute atomic E-state index is 0.141. The molecule has 0 saturated heterocycles. The minimum Gasteiger partial charge on any atom is -0.375 e. The molecule has 0 spiro atoms. The molecule has 2 heterocycles. The van der Waals surface area contributed by atoms with Crippen molar-refractivity contribution in [1.82, 2.24) is 0 Å². The first-order chi connectivity index (χ1) is 9.31. The van der Waals surface area contributed by atoms with E-state index in [4.69, 9.17) is 12.2 Å². The molecule has 1 aliphatic rings. The van der Waals surface area contributed by atoms with Gasteiger partial charge in [0, 0.05) is 28.4 Å². The zero-order valence-electron chi connectivity index (χ0n) is 11.1. The van der Waals surface area contributed by atoms with Crippen LogP contribution < -0.4 is 5.32 Å². The molecule has 1 aromatic heterocycles. The highest BCUT2D eigenvalue weighted by atomic mass is 32.9. The van der Waals surface area contributed by atoms with Crippen LogP contribution in [-0.4, -0.2) is 4.92 Å². The molecule has 0 unspecified atom stereocenters. The summed E-state index contributed by atoms with van der Waals surface area (Å²) in [5.74, 6) is 0. The third-order valence-electron chi connectivity index (χ3n) is 3.45. The van der Waals surface area contributed by atoms with E-state index in [1.807, 2.05) is 6.07 Å². The highest BCUT2D eigenvalue weighted by Gasteiger charge is 2.34. The van der Waals surface area contributed by atoms with E-state index in [0.29, 0.717) is 5.56 Å².